The van der Waals surface area contributed by atoms with Crippen molar-refractivity contribution in [1.82, 2.24) is 0 Å². The number of carbonyl (C=O) groups is 2. The highest BCUT2D eigenvalue weighted by Crippen LogP contribution is 2.35. The summed E-state index contributed by atoms with van der Waals surface area (Å²) in [4.78, 5) is 27.0. The summed E-state index contributed by atoms with van der Waals surface area (Å²) in [5, 5.41) is 2.67. The number of alkyl halides is 3. The van der Waals surface area contributed by atoms with Gasteiger partial charge in [-0.2, -0.15) is 13.2 Å². The van der Waals surface area contributed by atoms with Gasteiger partial charge in [-0.05, 0) is 32.0 Å². The predicted octanol–water partition coefficient (Wildman–Crippen LogP) is 1.96. The van der Waals surface area contributed by atoms with Crippen LogP contribution in [0.5, 0.6) is 0 Å². The van der Waals surface area contributed by atoms with Crippen LogP contribution < -0.4 is 15.1 Å². The zero-order chi connectivity index (χ0) is 21.6. The van der Waals surface area contributed by atoms with Gasteiger partial charge in [0.1, 0.15) is 0 Å². The van der Waals surface area contributed by atoms with E-state index in [1.165, 1.54) is 13.2 Å². The van der Waals surface area contributed by atoms with Crippen LogP contribution in [0.2, 0.25) is 0 Å². The number of nitrogens with one attached hydrogen (secondary N) is 2. The van der Waals surface area contributed by atoms with Crippen molar-refractivity contribution in [3.8, 4) is 0 Å². The number of nitrogens with zero attached hydrogens (tertiary/aromatic N) is 1. The van der Waals surface area contributed by atoms with E-state index in [2.05, 4.69) is 5.32 Å². The van der Waals surface area contributed by atoms with Crippen LogP contribution in [0.1, 0.15) is 32.3 Å². The highest BCUT2D eigenvalue weighted by atomic mass is 19.4. The lowest BCUT2D eigenvalue weighted by Gasteiger charge is -2.28. The van der Waals surface area contributed by atoms with Gasteiger partial charge in [-0.15, -0.1) is 0 Å². The van der Waals surface area contributed by atoms with E-state index in [1.54, 1.807) is 0 Å². The molecule has 0 atom stereocenters. The second-order valence-electron chi connectivity index (χ2n) is 7.17. The topological polar surface area (TPSA) is 63.1 Å². The van der Waals surface area contributed by atoms with E-state index in [1.807, 2.05) is 18.7 Å². The fourth-order valence-electron chi connectivity index (χ4n) is 3.68. The second kappa shape index (κ2) is 9.96. The summed E-state index contributed by atoms with van der Waals surface area (Å²) in [5.74, 6) is -0.727. The molecule has 6 nitrogen and oxygen atoms in total. The van der Waals surface area contributed by atoms with E-state index >= 15 is 0 Å². The fourth-order valence-corrected chi connectivity index (χ4v) is 3.68. The van der Waals surface area contributed by atoms with Crippen LogP contribution in [-0.4, -0.2) is 51.7 Å². The fraction of sp³-hybridized carbons (Fsp3) is 0.600. The first-order valence-corrected chi connectivity index (χ1v) is 9.87. The molecule has 0 aromatic heterocycles. The van der Waals surface area contributed by atoms with Gasteiger partial charge in [-0.1, -0.05) is 0 Å². The van der Waals surface area contributed by atoms with Gasteiger partial charge in [0.15, 0.2) is 6.54 Å². The molecule has 1 amide bonds. The summed E-state index contributed by atoms with van der Waals surface area (Å²) in [5.41, 5.74) is -0.0666. The molecule has 1 fully saturated rings. The molecule has 9 heteroatoms. The number of anilines is 2. The number of amides is 1. The molecule has 1 saturated heterocycles. The third-order valence-corrected chi connectivity index (χ3v) is 5.34. The van der Waals surface area contributed by atoms with Crippen molar-refractivity contribution in [1.29, 1.82) is 0 Å². The Morgan fingerprint density at radius 2 is 1.83 bits per heavy atom. The zero-order valence-electron chi connectivity index (χ0n) is 17.1. The molecule has 1 heterocycles. The first-order valence-electron chi connectivity index (χ1n) is 9.87. The SMILES string of the molecule is CCN(CC)c1ccc(C(F)(F)F)cc1NC(=O)C[NH+]1CCC(C(=O)OC)CC1. The molecular formula is C20H29F3N3O3+. The molecule has 1 aliphatic heterocycles. The molecule has 0 saturated carbocycles. The van der Waals surface area contributed by atoms with E-state index < -0.39 is 11.7 Å². The largest absolute Gasteiger partial charge is 0.469 e. The smallest absolute Gasteiger partial charge is 0.416 e. The average Bonchev–Trinajstić information content (AvgIpc) is 2.69. The molecule has 0 aliphatic carbocycles. The van der Waals surface area contributed by atoms with Crippen molar-refractivity contribution in [2.45, 2.75) is 32.9 Å². The van der Waals surface area contributed by atoms with E-state index in [0.29, 0.717) is 44.7 Å². The highest BCUT2D eigenvalue weighted by molar-refractivity contribution is 5.95. The maximum Gasteiger partial charge on any atom is 0.416 e. The Labute approximate surface area is 169 Å². The summed E-state index contributed by atoms with van der Waals surface area (Å²) < 4.78 is 44.2. The first kappa shape index (κ1) is 23.0. The Kier molecular flexibility index (Phi) is 7.89. The molecule has 1 aromatic carbocycles. The molecule has 2 N–H and O–H groups in total. The van der Waals surface area contributed by atoms with Gasteiger partial charge >= 0.3 is 12.1 Å². The zero-order valence-corrected chi connectivity index (χ0v) is 17.1. The van der Waals surface area contributed by atoms with Crippen LogP contribution in [0.4, 0.5) is 24.5 Å². The number of quaternary nitrogens is 1. The number of carbonyl (C=O) groups excluding carboxylic acids is 2. The van der Waals surface area contributed by atoms with Gasteiger partial charge in [0, 0.05) is 25.9 Å². The van der Waals surface area contributed by atoms with Crippen molar-refractivity contribution in [2.75, 3.05) is 50.1 Å². The molecule has 29 heavy (non-hydrogen) atoms. The molecule has 0 unspecified atom stereocenters. The number of esters is 1. The van der Waals surface area contributed by atoms with Gasteiger partial charge in [0.2, 0.25) is 0 Å². The maximum atomic E-state index is 13.1. The third kappa shape index (κ3) is 6.09. The Morgan fingerprint density at radius 3 is 2.34 bits per heavy atom. The summed E-state index contributed by atoms with van der Waals surface area (Å²) in [6.07, 6.45) is -3.23. The lowest BCUT2D eigenvalue weighted by atomic mass is 9.97. The molecule has 1 aliphatic rings. The lowest BCUT2D eigenvalue weighted by Crippen LogP contribution is -3.14. The predicted molar refractivity (Wildman–Crippen MR) is 104 cm³/mol. The monoisotopic (exact) mass is 416 g/mol. The molecule has 0 spiro atoms. The number of benzene rings is 1. The number of likely N-dealkylation sites (tertiary alicyclic amines) is 1. The molecule has 1 aromatic rings. The third-order valence-electron chi connectivity index (χ3n) is 5.34. The standard InChI is InChI=1S/C20H28F3N3O3/c1-4-26(5-2)17-7-6-15(20(21,22)23)12-16(17)24-18(27)13-25-10-8-14(9-11-25)19(28)29-3/h6-7,12,14H,4-5,8-11,13H2,1-3H3,(H,24,27)/p+1. The Bertz CT molecular complexity index is 713. The Balaban J connectivity index is 2.09. The number of ether oxygens (including phenoxy) is 1. The number of halogens is 3. The highest BCUT2D eigenvalue weighted by Gasteiger charge is 2.32. The average molecular weight is 416 g/mol. The van der Waals surface area contributed by atoms with E-state index in [0.717, 1.165) is 17.0 Å². The van der Waals surface area contributed by atoms with E-state index in [9.17, 15) is 22.8 Å². The number of methoxy groups -OCH3 is 1. The maximum absolute atomic E-state index is 13.1. The van der Waals surface area contributed by atoms with Crippen LogP contribution in [0, 0.1) is 5.92 Å². The van der Waals surface area contributed by atoms with Gasteiger partial charge in [-0.25, -0.2) is 0 Å². The van der Waals surface area contributed by atoms with Crippen LogP contribution >= 0.6 is 0 Å². The van der Waals surface area contributed by atoms with Crippen molar-refractivity contribution in [3.63, 3.8) is 0 Å². The molecule has 0 radical (unpaired) electrons. The van der Waals surface area contributed by atoms with E-state index in [4.69, 9.17) is 4.74 Å². The van der Waals surface area contributed by atoms with Crippen molar-refractivity contribution < 1.29 is 32.4 Å². The van der Waals surface area contributed by atoms with Crippen LogP contribution in [0.25, 0.3) is 0 Å². The number of hydrogen-bond acceptors (Lipinski definition) is 4. The molecule has 0 bridgehead atoms. The van der Waals surface area contributed by atoms with Crippen LogP contribution in [-0.2, 0) is 20.5 Å². The van der Waals surface area contributed by atoms with Crippen molar-refractivity contribution >= 4 is 23.3 Å². The first-order chi connectivity index (χ1) is 13.7. The lowest BCUT2D eigenvalue weighted by molar-refractivity contribution is -0.897. The minimum absolute atomic E-state index is 0.141. The van der Waals surface area contributed by atoms with Crippen molar-refractivity contribution in [2.24, 2.45) is 5.92 Å². The Morgan fingerprint density at radius 1 is 1.21 bits per heavy atom. The van der Waals surface area contributed by atoms with Gasteiger partial charge in [-0.3, -0.25) is 9.59 Å². The van der Waals surface area contributed by atoms with Gasteiger partial charge in [0.25, 0.3) is 5.91 Å². The van der Waals surface area contributed by atoms with Crippen LogP contribution in [0.15, 0.2) is 18.2 Å². The molecule has 2 rings (SSSR count). The molecule has 162 valence electrons. The number of hydrogen-bond donors (Lipinski definition) is 2. The second-order valence-corrected chi connectivity index (χ2v) is 7.17. The summed E-state index contributed by atoms with van der Waals surface area (Å²) >= 11 is 0. The molecular weight excluding hydrogens is 387 g/mol. The van der Waals surface area contributed by atoms with Gasteiger partial charge in [0.05, 0.1) is 43.1 Å². The summed E-state index contributed by atoms with van der Waals surface area (Å²) in [6, 6.07) is 3.43. The summed E-state index contributed by atoms with van der Waals surface area (Å²) in [7, 11) is 1.36. The quantitative estimate of drug-likeness (QED) is 0.667. The number of piperidine rings is 1. The Hall–Kier alpha value is -2.29. The minimum atomic E-state index is -4.48. The van der Waals surface area contributed by atoms with Crippen molar-refractivity contribution in [3.05, 3.63) is 23.8 Å². The summed E-state index contributed by atoms with van der Waals surface area (Å²) in [6.45, 7) is 6.44. The van der Waals surface area contributed by atoms with Crippen LogP contribution in [0.3, 0.4) is 0 Å². The number of rotatable bonds is 7. The van der Waals surface area contributed by atoms with E-state index in [-0.39, 0.29) is 30.0 Å². The normalized spacial score (nSPS) is 19.5. The van der Waals surface area contributed by atoms with Gasteiger partial charge < -0.3 is 19.9 Å². The minimum Gasteiger partial charge on any atom is -0.469 e.